The normalized spacial score (nSPS) is 10.1. The van der Waals surface area contributed by atoms with Crippen LogP contribution in [0.15, 0.2) is 34.8 Å². The van der Waals surface area contributed by atoms with Crippen LogP contribution in [0.2, 0.25) is 0 Å². The summed E-state index contributed by atoms with van der Waals surface area (Å²) >= 11 is 3.30. The molecular formula is C13H13BrN2O2. The number of halogens is 1. The van der Waals surface area contributed by atoms with Gasteiger partial charge in [-0.2, -0.15) is 5.26 Å². The first-order valence-electron chi connectivity index (χ1n) is 5.44. The largest absolute Gasteiger partial charge is 0.463 e. The Bertz CT molecular complexity index is 492. The molecule has 0 amide bonds. The van der Waals surface area contributed by atoms with Gasteiger partial charge in [-0.15, -0.1) is 0 Å². The Balaban J connectivity index is 2.54. The van der Waals surface area contributed by atoms with Gasteiger partial charge in [-0.05, 0) is 25.1 Å². The molecule has 0 spiro atoms. The highest BCUT2D eigenvalue weighted by molar-refractivity contribution is 9.10. The Kier molecular flexibility index (Phi) is 5.95. The molecule has 0 saturated heterocycles. The van der Waals surface area contributed by atoms with Crippen LogP contribution in [0.3, 0.4) is 0 Å². The predicted molar refractivity (Wildman–Crippen MR) is 73.1 cm³/mol. The molecule has 0 aliphatic heterocycles. The van der Waals surface area contributed by atoms with Crippen molar-refractivity contribution in [2.75, 3.05) is 18.5 Å². The lowest BCUT2D eigenvalue weighted by atomic mass is 10.2. The van der Waals surface area contributed by atoms with Crippen molar-refractivity contribution < 1.29 is 9.53 Å². The predicted octanol–water partition coefficient (Wildman–Crippen LogP) is 2.85. The number of carbonyl (C=O) groups is 1. The van der Waals surface area contributed by atoms with Gasteiger partial charge < -0.3 is 10.1 Å². The second kappa shape index (κ2) is 7.51. The molecule has 0 unspecified atom stereocenters. The van der Waals surface area contributed by atoms with Crippen molar-refractivity contribution >= 4 is 27.6 Å². The van der Waals surface area contributed by atoms with Crippen molar-refractivity contribution in [2.24, 2.45) is 0 Å². The molecule has 18 heavy (non-hydrogen) atoms. The first kappa shape index (κ1) is 14.3. The summed E-state index contributed by atoms with van der Waals surface area (Å²) in [6.07, 6.45) is 3.02. The quantitative estimate of drug-likeness (QED) is 0.671. The highest BCUT2D eigenvalue weighted by Crippen LogP contribution is 2.19. The average Bonchev–Trinajstić information content (AvgIpc) is 2.36. The van der Waals surface area contributed by atoms with E-state index in [1.54, 1.807) is 25.1 Å². The number of benzene rings is 1. The minimum atomic E-state index is -0.365. The van der Waals surface area contributed by atoms with Crippen LogP contribution in [0.1, 0.15) is 12.5 Å². The van der Waals surface area contributed by atoms with Crippen molar-refractivity contribution in [3.8, 4) is 6.07 Å². The smallest absolute Gasteiger partial charge is 0.330 e. The fourth-order valence-electron chi connectivity index (χ4n) is 1.28. The maximum absolute atomic E-state index is 11.0. The molecule has 1 aromatic carbocycles. The van der Waals surface area contributed by atoms with Gasteiger partial charge in [0.1, 0.15) is 6.07 Å². The standard InChI is InChI=1S/C13H13BrN2O2/c1-2-18-13(17)4-3-7-16-12-6-5-11(14)8-10(12)9-15/h3-6,8,16H,2,7H2,1H3/b4-3+. The second-order valence-corrected chi connectivity index (χ2v) is 4.25. The zero-order valence-electron chi connectivity index (χ0n) is 9.94. The van der Waals surface area contributed by atoms with Crippen molar-refractivity contribution in [2.45, 2.75) is 6.92 Å². The third-order valence-electron chi connectivity index (χ3n) is 2.05. The summed E-state index contributed by atoms with van der Waals surface area (Å²) in [6, 6.07) is 7.48. The van der Waals surface area contributed by atoms with Crippen LogP contribution in [0.5, 0.6) is 0 Å². The molecule has 0 atom stereocenters. The second-order valence-electron chi connectivity index (χ2n) is 3.34. The molecule has 0 bridgehead atoms. The van der Waals surface area contributed by atoms with Crippen LogP contribution < -0.4 is 5.32 Å². The Morgan fingerprint density at radius 2 is 2.39 bits per heavy atom. The Hall–Kier alpha value is -1.80. The average molecular weight is 309 g/mol. The van der Waals surface area contributed by atoms with Crippen LogP contribution in [0.4, 0.5) is 5.69 Å². The lowest BCUT2D eigenvalue weighted by molar-refractivity contribution is -0.137. The van der Waals surface area contributed by atoms with E-state index in [1.165, 1.54) is 6.08 Å². The van der Waals surface area contributed by atoms with E-state index in [9.17, 15) is 4.79 Å². The van der Waals surface area contributed by atoms with E-state index in [0.29, 0.717) is 18.7 Å². The molecular weight excluding hydrogens is 296 g/mol. The minimum Gasteiger partial charge on any atom is -0.463 e. The van der Waals surface area contributed by atoms with Gasteiger partial charge in [-0.1, -0.05) is 22.0 Å². The summed E-state index contributed by atoms with van der Waals surface area (Å²) in [5.41, 5.74) is 1.28. The molecule has 94 valence electrons. The first-order chi connectivity index (χ1) is 8.67. The molecule has 1 rings (SSSR count). The van der Waals surface area contributed by atoms with Gasteiger partial charge >= 0.3 is 5.97 Å². The number of hydrogen-bond donors (Lipinski definition) is 1. The van der Waals surface area contributed by atoms with E-state index >= 15 is 0 Å². The van der Waals surface area contributed by atoms with E-state index in [2.05, 4.69) is 27.3 Å². The van der Waals surface area contributed by atoms with Crippen LogP contribution >= 0.6 is 15.9 Å². The number of nitrogens with one attached hydrogen (secondary N) is 1. The Labute approximate surface area is 114 Å². The fraction of sp³-hybridized carbons (Fsp3) is 0.231. The maximum atomic E-state index is 11.0. The highest BCUT2D eigenvalue weighted by Gasteiger charge is 2.01. The topological polar surface area (TPSA) is 62.1 Å². The van der Waals surface area contributed by atoms with Crippen molar-refractivity contribution in [1.82, 2.24) is 0 Å². The van der Waals surface area contributed by atoms with Crippen LogP contribution in [0.25, 0.3) is 0 Å². The van der Waals surface area contributed by atoms with Crippen molar-refractivity contribution in [3.05, 3.63) is 40.4 Å². The van der Waals surface area contributed by atoms with Crippen LogP contribution in [-0.2, 0) is 9.53 Å². The zero-order chi connectivity index (χ0) is 13.4. The van der Waals surface area contributed by atoms with Gasteiger partial charge in [0.25, 0.3) is 0 Å². The molecule has 1 aromatic rings. The van der Waals surface area contributed by atoms with Crippen molar-refractivity contribution in [3.63, 3.8) is 0 Å². The minimum absolute atomic E-state index is 0.363. The van der Waals surface area contributed by atoms with Crippen LogP contribution in [0, 0.1) is 11.3 Å². The lowest BCUT2D eigenvalue weighted by Gasteiger charge is -2.05. The third kappa shape index (κ3) is 4.60. The molecule has 0 fully saturated rings. The summed E-state index contributed by atoms with van der Waals surface area (Å²) in [5, 5.41) is 12.0. The monoisotopic (exact) mass is 308 g/mol. The molecule has 0 aliphatic rings. The molecule has 0 aromatic heterocycles. The Morgan fingerprint density at radius 1 is 1.61 bits per heavy atom. The van der Waals surface area contributed by atoms with Gasteiger partial charge in [0, 0.05) is 17.1 Å². The molecule has 0 heterocycles. The van der Waals surface area contributed by atoms with Crippen molar-refractivity contribution in [1.29, 1.82) is 5.26 Å². The molecule has 4 nitrogen and oxygen atoms in total. The zero-order valence-corrected chi connectivity index (χ0v) is 11.5. The summed E-state index contributed by atoms with van der Waals surface area (Å²) in [4.78, 5) is 11.0. The van der Waals surface area contributed by atoms with E-state index < -0.39 is 0 Å². The van der Waals surface area contributed by atoms with E-state index in [4.69, 9.17) is 10.00 Å². The van der Waals surface area contributed by atoms with E-state index in [-0.39, 0.29) is 5.97 Å². The number of rotatable bonds is 5. The number of hydrogen-bond acceptors (Lipinski definition) is 4. The summed E-state index contributed by atoms with van der Waals surface area (Å²) in [7, 11) is 0. The molecule has 0 aliphatic carbocycles. The SMILES string of the molecule is CCOC(=O)/C=C/CNc1ccc(Br)cc1C#N. The number of ether oxygens (including phenoxy) is 1. The molecule has 1 N–H and O–H groups in total. The number of anilines is 1. The summed E-state index contributed by atoms with van der Waals surface area (Å²) < 4.78 is 5.60. The molecule has 0 saturated carbocycles. The number of esters is 1. The van der Waals surface area contributed by atoms with Gasteiger partial charge in [0.15, 0.2) is 0 Å². The number of nitrogens with zero attached hydrogens (tertiary/aromatic N) is 1. The van der Waals surface area contributed by atoms with Gasteiger partial charge in [-0.25, -0.2) is 4.79 Å². The maximum Gasteiger partial charge on any atom is 0.330 e. The fourth-order valence-corrected chi connectivity index (χ4v) is 1.64. The van der Waals surface area contributed by atoms with Gasteiger partial charge in [-0.3, -0.25) is 0 Å². The van der Waals surface area contributed by atoms with Gasteiger partial charge in [0.2, 0.25) is 0 Å². The highest BCUT2D eigenvalue weighted by atomic mass is 79.9. The molecule has 5 heteroatoms. The molecule has 0 radical (unpaired) electrons. The number of nitriles is 1. The Morgan fingerprint density at radius 3 is 3.06 bits per heavy atom. The van der Waals surface area contributed by atoms with E-state index in [1.807, 2.05) is 6.07 Å². The number of carbonyl (C=O) groups excluding carboxylic acids is 1. The summed E-state index contributed by atoms with van der Waals surface area (Å²) in [6.45, 7) is 2.57. The van der Waals surface area contributed by atoms with Gasteiger partial charge in [0.05, 0.1) is 17.9 Å². The summed E-state index contributed by atoms with van der Waals surface area (Å²) in [5.74, 6) is -0.365. The first-order valence-corrected chi connectivity index (χ1v) is 6.23. The van der Waals surface area contributed by atoms with E-state index in [0.717, 1.165) is 10.2 Å². The van der Waals surface area contributed by atoms with Crippen LogP contribution in [-0.4, -0.2) is 19.1 Å². The lowest BCUT2D eigenvalue weighted by Crippen LogP contribution is -2.03. The third-order valence-corrected chi connectivity index (χ3v) is 2.55.